The zero-order valence-corrected chi connectivity index (χ0v) is 10.3. The molecule has 3 rings (SSSR count). The Morgan fingerprint density at radius 2 is 1.12 bits per heavy atom. The van der Waals surface area contributed by atoms with Crippen molar-refractivity contribution in [2.75, 3.05) is 0 Å². The molecule has 0 bridgehead atoms. The van der Waals surface area contributed by atoms with Crippen LogP contribution in [0.5, 0.6) is 0 Å². The van der Waals surface area contributed by atoms with Gasteiger partial charge in [-0.3, -0.25) is 0 Å². The van der Waals surface area contributed by atoms with Gasteiger partial charge >= 0.3 is 0 Å². The molecule has 0 atom stereocenters. The average Bonchev–Trinajstić information content (AvgIpc) is 3.10. The number of nitrogens with zero attached hydrogens (tertiary/aromatic N) is 3. The van der Waals surface area contributed by atoms with Gasteiger partial charge in [-0.15, -0.1) is 10.2 Å². The molecule has 0 radical (unpaired) electrons. The Morgan fingerprint density at radius 3 is 1.29 bits per heavy atom. The zero-order chi connectivity index (χ0) is 11.3. The van der Waals surface area contributed by atoms with Gasteiger partial charge in [-0.05, 0) is 11.3 Å². The fraction of sp³-hybridized carbons (Fsp3) is 0. The van der Waals surface area contributed by atoms with Crippen LogP contribution in [-0.2, 0) is 17.1 Å². The maximum absolute atomic E-state index is 3.42. The first-order valence-corrected chi connectivity index (χ1v) is 4.92. The van der Waals surface area contributed by atoms with Crippen LogP contribution in [0.15, 0.2) is 79.1 Å². The predicted octanol–water partition coefficient (Wildman–Crippen LogP) is 2.68. The molecule has 1 aromatic heterocycles. The first-order chi connectivity index (χ1) is 8.00. The molecule has 0 unspecified atom stereocenters. The molecular formula is C13H13FeN3-6. The molecule has 3 nitrogen and oxygen atoms in total. The van der Waals surface area contributed by atoms with Gasteiger partial charge in [-0.2, -0.15) is 18.2 Å². The minimum absolute atomic E-state index is 0. The van der Waals surface area contributed by atoms with Crippen LogP contribution in [-0.4, -0.2) is 15.4 Å². The average molecular weight is 267 g/mol. The van der Waals surface area contributed by atoms with Gasteiger partial charge in [0.05, 0.1) is 12.4 Å². The Balaban J connectivity index is 0.000000221. The molecule has 4 heteroatoms. The van der Waals surface area contributed by atoms with Gasteiger partial charge in [-0.1, -0.05) is 0 Å². The first kappa shape index (κ1) is 15.2. The maximum atomic E-state index is 3.42. The molecule has 2 aromatic carbocycles. The monoisotopic (exact) mass is 267 g/mol. The van der Waals surface area contributed by atoms with Crippen LogP contribution in [0.4, 0.5) is 0 Å². The normalized spacial score (nSPS) is 7.53. The number of hydrogen-bond acceptors (Lipinski definition) is 3. The summed E-state index contributed by atoms with van der Waals surface area (Å²) in [5, 5.41) is 10.1. The van der Waals surface area contributed by atoms with E-state index in [1.54, 1.807) is 18.5 Å². The molecule has 0 aliphatic heterocycles. The van der Waals surface area contributed by atoms with Crippen molar-refractivity contribution in [3.05, 3.63) is 79.1 Å². The van der Waals surface area contributed by atoms with Crippen molar-refractivity contribution in [1.82, 2.24) is 15.4 Å². The van der Waals surface area contributed by atoms with Gasteiger partial charge in [-0.25, -0.2) is 12.1 Å². The summed E-state index contributed by atoms with van der Waals surface area (Å²) in [7, 11) is 0. The molecule has 0 fully saturated rings. The van der Waals surface area contributed by atoms with Crippen LogP contribution in [0, 0.1) is 0 Å². The number of aromatic nitrogens is 3. The molecule has 0 aliphatic carbocycles. The Bertz CT molecular complexity index is 308. The van der Waals surface area contributed by atoms with Crippen molar-refractivity contribution in [1.29, 1.82) is 0 Å². The second kappa shape index (κ2) is 12.3. The summed E-state index contributed by atoms with van der Waals surface area (Å²) >= 11 is 0. The second-order valence-electron chi connectivity index (χ2n) is 2.74. The third-order valence-corrected chi connectivity index (χ3v) is 1.52. The van der Waals surface area contributed by atoms with Crippen molar-refractivity contribution >= 4 is 0 Å². The summed E-state index contributed by atoms with van der Waals surface area (Å²) in [6.07, 6.45) is 3.15. The molecule has 1 heterocycles. The molecule has 17 heavy (non-hydrogen) atoms. The Labute approximate surface area is 112 Å². The van der Waals surface area contributed by atoms with Gasteiger partial charge in [0.1, 0.15) is 0 Å². The zero-order valence-electron chi connectivity index (χ0n) is 9.20. The van der Waals surface area contributed by atoms with Crippen molar-refractivity contribution in [3.8, 4) is 0 Å². The molecule has 0 saturated carbocycles. The van der Waals surface area contributed by atoms with Crippen molar-refractivity contribution in [2.45, 2.75) is 0 Å². The SMILES string of the molecule is [Fe].[cH-]1[cH-][cH-][cH-][cH-]1.c1cc[cH-]c1.c1cnnnc1. The van der Waals surface area contributed by atoms with Gasteiger partial charge in [0.15, 0.2) is 0 Å². The number of hydrogen-bond donors (Lipinski definition) is 0. The third kappa shape index (κ3) is 10.5. The van der Waals surface area contributed by atoms with Crippen LogP contribution < -0.4 is 0 Å². The van der Waals surface area contributed by atoms with E-state index in [-0.39, 0.29) is 17.1 Å². The van der Waals surface area contributed by atoms with Crippen molar-refractivity contribution < 1.29 is 17.1 Å². The van der Waals surface area contributed by atoms with E-state index in [0.717, 1.165) is 0 Å². The van der Waals surface area contributed by atoms with Gasteiger partial charge in [0, 0.05) is 17.1 Å². The summed E-state index contributed by atoms with van der Waals surface area (Å²) in [6.45, 7) is 0. The smallest absolute Gasteiger partial charge is 0.0529 e. The maximum Gasteiger partial charge on any atom is 0.0529 e. The molecule has 0 N–H and O–H groups in total. The fourth-order valence-electron chi connectivity index (χ4n) is 0.846. The summed E-state index contributed by atoms with van der Waals surface area (Å²) in [6, 6.07) is 21.7. The largest absolute Gasteiger partial charge is 0.748 e. The van der Waals surface area contributed by atoms with E-state index in [2.05, 4.69) is 15.4 Å². The summed E-state index contributed by atoms with van der Waals surface area (Å²) in [5.74, 6) is 0. The first-order valence-electron chi connectivity index (χ1n) is 4.92. The van der Waals surface area contributed by atoms with Crippen molar-refractivity contribution in [3.63, 3.8) is 0 Å². The molecule has 0 amide bonds. The van der Waals surface area contributed by atoms with E-state index in [1.165, 1.54) is 0 Å². The minimum Gasteiger partial charge on any atom is -0.748 e. The Kier molecular flexibility index (Phi) is 11.0. The molecule has 0 spiro atoms. The van der Waals surface area contributed by atoms with Gasteiger partial charge in [0.2, 0.25) is 0 Å². The van der Waals surface area contributed by atoms with Crippen molar-refractivity contribution in [2.24, 2.45) is 0 Å². The molecule has 0 saturated heterocycles. The fourth-order valence-corrected chi connectivity index (χ4v) is 0.846. The van der Waals surface area contributed by atoms with Gasteiger partial charge < -0.3 is 30.3 Å². The Morgan fingerprint density at radius 1 is 0.647 bits per heavy atom. The summed E-state index contributed by atoms with van der Waals surface area (Å²) < 4.78 is 0. The summed E-state index contributed by atoms with van der Waals surface area (Å²) in [4.78, 5) is 0. The molecule has 0 aliphatic rings. The van der Waals surface area contributed by atoms with Crippen LogP contribution in [0.2, 0.25) is 0 Å². The van der Waals surface area contributed by atoms with Crippen LogP contribution >= 0.6 is 0 Å². The molecule has 94 valence electrons. The Hall–Kier alpha value is -1.77. The van der Waals surface area contributed by atoms with E-state index in [1.807, 2.05) is 60.7 Å². The topological polar surface area (TPSA) is 38.7 Å². The molecular weight excluding hydrogens is 254 g/mol. The van der Waals surface area contributed by atoms with E-state index < -0.39 is 0 Å². The minimum atomic E-state index is 0. The second-order valence-corrected chi connectivity index (χ2v) is 2.74. The quantitative estimate of drug-likeness (QED) is 0.464. The van der Waals surface area contributed by atoms with E-state index >= 15 is 0 Å². The van der Waals surface area contributed by atoms with E-state index in [9.17, 15) is 0 Å². The predicted molar refractivity (Wildman–Crippen MR) is 63.9 cm³/mol. The standard InChI is InChI=1S/2C5H5.C3H3N3.Fe/c2*1-2-4-5-3-1;1-2-4-6-5-3-1;/h2*1-5H;1-3H;/q-5;-1;;. The van der Waals surface area contributed by atoms with Crippen LogP contribution in [0.25, 0.3) is 0 Å². The van der Waals surface area contributed by atoms with Gasteiger partial charge in [0.25, 0.3) is 0 Å². The third-order valence-electron chi connectivity index (χ3n) is 1.52. The van der Waals surface area contributed by atoms with Crippen LogP contribution in [0.3, 0.4) is 0 Å². The molecule has 3 aromatic rings. The number of rotatable bonds is 0. The van der Waals surface area contributed by atoms with Crippen LogP contribution in [0.1, 0.15) is 0 Å². The van der Waals surface area contributed by atoms with E-state index in [0.29, 0.717) is 0 Å². The van der Waals surface area contributed by atoms with E-state index in [4.69, 9.17) is 0 Å². The summed E-state index contributed by atoms with van der Waals surface area (Å²) in [5.41, 5.74) is 0.